The van der Waals surface area contributed by atoms with E-state index in [0.717, 1.165) is 6.54 Å². The molecule has 0 amide bonds. The molecule has 0 saturated carbocycles. The van der Waals surface area contributed by atoms with E-state index in [1.54, 1.807) is 0 Å². The van der Waals surface area contributed by atoms with Gasteiger partial charge >= 0.3 is 0 Å². The fraction of sp³-hybridized carbons (Fsp3) is 1.00. The second-order valence-corrected chi connectivity index (χ2v) is 5.18. The molecule has 3 heteroatoms. The predicted molar refractivity (Wildman–Crippen MR) is 77.7 cm³/mol. The van der Waals surface area contributed by atoms with Crippen LogP contribution in [0.1, 0.15) is 40.0 Å². The van der Waals surface area contributed by atoms with Crippen LogP contribution in [0.5, 0.6) is 0 Å². The lowest BCUT2D eigenvalue weighted by Crippen LogP contribution is -2.30. The summed E-state index contributed by atoms with van der Waals surface area (Å²) in [7, 11) is 4.26. The van der Waals surface area contributed by atoms with Gasteiger partial charge in [-0.15, -0.1) is 0 Å². The van der Waals surface area contributed by atoms with Crippen LogP contribution in [-0.2, 0) is 0 Å². The van der Waals surface area contributed by atoms with E-state index in [4.69, 9.17) is 0 Å². The fourth-order valence-electron chi connectivity index (χ4n) is 2.01. The van der Waals surface area contributed by atoms with Crippen molar-refractivity contribution < 1.29 is 0 Å². The first-order chi connectivity index (χ1) is 8.10. The molecule has 0 bridgehead atoms. The van der Waals surface area contributed by atoms with Gasteiger partial charge in [0.15, 0.2) is 0 Å². The third-order valence-corrected chi connectivity index (χ3v) is 3.28. The second kappa shape index (κ2) is 11.0. The Balaban J connectivity index is 3.36. The molecule has 0 aromatic rings. The van der Waals surface area contributed by atoms with Gasteiger partial charge in [0.25, 0.3) is 0 Å². The van der Waals surface area contributed by atoms with Crippen LogP contribution < -0.4 is 5.32 Å². The van der Waals surface area contributed by atoms with Gasteiger partial charge in [-0.1, -0.05) is 13.8 Å². The van der Waals surface area contributed by atoms with Crippen molar-refractivity contribution >= 4 is 0 Å². The Morgan fingerprint density at radius 1 is 1.00 bits per heavy atom. The van der Waals surface area contributed by atoms with Crippen LogP contribution in [0.15, 0.2) is 0 Å². The zero-order chi connectivity index (χ0) is 13.1. The number of rotatable bonds is 11. The monoisotopic (exact) mass is 243 g/mol. The van der Waals surface area contributed by atoms with E-state index in [1.807, 2.05) is 0 Å². The van der Waals surface area contributed by atoms with Gasteiger partial charge in [0.05, 0.1) is 0 Å². The lowest BCUT2D eigenvalue weighted by atomic mass is 10.1. The molecule has 1 N–H and O–H groups in total. The molecule has 1 unspecified atom stereocenters. The third-order valence-electron chi connectivity index (χ3n) is 3.28. The average molecular weight is 243 g/mol. The van der Waals surface area contributed by atoms with E-state index in [2.05, 4.69) is 50.0 Å². The fourth-order valence-corrected chi connectivity index (χ4v) is 2.01. The molecular formula is C14H33N3. The molecule has 0 aliphatic heterocycles. The maximum Gasteiger partial charge on any atom is 0.00392 e. The Morgan fingerprint density at radius 2 is 1.65 bits per heavy atom. The minimum absolute atomic E-state index is 0.660. The highest BCUT2D eigenvalue weighted by atomic mass is 15.1. The number of nitrogens with one attached hydrogen (secondary N) is 1. The van der Waals surface area contributed by atoms with Crippen molar-refractivity contribution in [3.05, 3.63) is 0 Å². The Bertz CT molecular complexity index is 156. The van der Waals surface area contributed by atoms with Crippen molar-refractivity contribution in [2.45, 2.75) is 46.1 Å². The van der Waals surface area contributed by atoms with E-state index >= 15 is 0 Å². The quantitative estimate of drug-likeness (QED) is 0.560. The van der Waals surface area contributed by atoms with Gasteiger partial charge in [0, 0.05) is 6.04 Å². The molecule has 0 rings (SSSR count). The van der Waals surface area contributed by atoms with Crippen molar-refractivity contribution in [3.8, 4) is 0 Å². The molecule has 0 aromatic heterocycles. The van der Waals surface area contributed by atoms with Crippen LogP contribution in [0.2, 0.25) is 0 Å². The maximum atomic E-state index is 3.60. The molecule has 0 fully saturated rings. The Morgan fingerprint density at radius 3 is 2.18 bits per heavy atom. The summed E-state index contributed by atoms with van der Waals surface area (Å²) in [5.74, 6) is 0. The molecule has 0 saturated heterocycles. The average Bonchev–Trinajstić information content (AvgIpc) is 2.30. The lowest BCUT2D eigenvalue weighted by molar-refractivity contribution is 0.290. The topological polar surface area (TPSA) is 18.5 Å². The van der Waals surface area contributed by atoms with E-state index in [0.29, 0.717) is 6.04 Å². The molecule has 0 radical (unpaired) electrons. The molecule has 0 spiro atoms. The summed E-state index contributed by atoms with van der Waals surface area (Å²) in [4.78, 5) is 4.74. The van der Waals surface area contributed by atoms with Gasteiger partial charge in [-0.25, -0.2) is 0 Å². The summed E-state index contributed by atoms with van der Waals surface area (Å²) < 4.78 is 0. The lowest BCUT2D eigenvalue weighted by Gasteiger charge is -2.20. The molecule has 0 heterocycles. The summed E-state index contributed by atoms with van der Waals surface area (Å²) in [5.41, 5.74) is 0. The van der Waals surface area contributed by atoms with Crippen LogP contribution in [-0.4, -0.2) is 62.7 Å². The smallest absolute Gasteiger partial charge is 0.00392 e. The number of hydrogen-bond acceptors (Lipinski definition) is 3. The Labute approximate surface area is 109 Å². The normalized spacial score (nSPS) is 13.6. The summed E-state index contributed by atoms with van der Waals surface area (Å²) >= 11 is 0. The molecule has 0 aliphatic rings. The molecule has 3 nitrogen and oxygen atoms in total. The molecule has 0 aromatic carbocycles. The Hall–Kier alpha value is -0.120. The van der Waals surface area contributed by atoms with Crippen molar-refractivity contribution in [2.75, 3.05) is 46.8 Å². The van der Waals surface area contributed by atoms with Gasteiger partial charge in [-0.3, -0.25) is 0 Å². The standard InChI is InChI=1S/C14H33N3/c1-6-17(7-2)13-8-10-14(3)15-11-9-12-16(4)5/h14-15H,6-13H2,1-5H3. The highest BCUT2D eigenvalue weighted by Crippen LogP contribution is 1.99. The van der Waals surface area contributed by atoms with Gasteiger partial charge in [0.2, 0.25) is 0 Å². The minimum Gasteiger partial charge on any atom is -0.314 e. The molecule has 1 atom stereocenters. The first-order valence-corrected chi connectivity index (χ1v) is 7.20. The summed E-state index contributed by atoms with van der Waals surface area (Å²) in [6, 6.07) is 0.660. The summed E-state index contributed by atoms with van der Waals surface area (Å²) in [5, 5.41) is 3.60. The van der Waals surface area contributed by atoms with Gasteiger partial charge < -0.3 is 15.1 Å². The van der Waals surface area contributed by atoms with Crippen LogP contribution in [0.3, 0.4) is 0 Å². The van der Waals surface area contributed by atoms with Crippen molar-refractivity contribution in [1.82, 2.24) is 15.1 Å². The highest BCUT2D eigenvalue weighted by molar-refractivity contribution is 4.63. The van der Waals surface area contributed by atoms with E-state index in [1.165, 1.54) is 45.4 Å². The van der Waals surface area contributed by atoms with Crippen LogP contribution in [0.25, 0.3) is 0 Å². The van der Waals surface area contributed by atoms with E-state index < -0.39 is 0 Å². The van der Waals surface area contributed by atoms with Gasteiger partial charge in [0.1, 0.15) is 0 Å². The van der Waals surface area contributed by atoms with Crippen LogP contribution >= 0.6 is 0 Å². The maximum absolute atomic E-state index is 3.60. The summed E-state index contributed by atoms with van der Waals surface area (Å²) in [6.07, 6.45) is 3.84. The van der Waals surface area contributed by atoms with Crippen molar-refractivity contribution in [2.24, 2.45) is 0 Å². The summed E-state index contributed by atoms with van der Waals surface area (Å²) in [6.45, 7) is 12.7. The molecule has 17 heavy (non-hydrogen) atoms. The van der Waals surface area contributed by atoms with Crippen molar-refractivity contribution in [3.63, 3.8) is 0 Å². The first-order valence-electron chi connectivity index (χ1n) is 7.20. The first kappa shape index (κ1) is 16.9. The van der Waals surface area contributed by atoms with Crippen LogP contribution in [0.4, 0.5) is 0 Å². The van der Waals surface area contributed by atoms with Gasteiger partial charge in [-0.2, -0.15) is 0 Å². The Kier molecular flexibility index (Phi) is 10.9. The highest BCUT2D eigenvalue weighted by Gasteiger charge is 2.03. The zero-order valence-corrected chi connectivity index (χ0v) is 12.6. The van der Waals surface area contributed by atoms with Crippen molar-refractivity contribution in [1.29, 1.82) is 0 Å². The number of hydrogen-bond donors (Lipinski definition) is 1. The molecule has 104 valence electrons. The van der Waals surface area contributed by atoms with Crippen LogP contribution in [0, 0.1) is 0 Å². The van der Waals surface area contributed by atoms with E-state index in [-0.39, 0.29) is 0 Å². The zero-order valence-electron chi connectivity index (χ0n) is 12.6. The second-order valence-electron chi connectivity index (χ2n) is 5.18. The SMILES string of the molecule is CCN(CC)CCCC(C)NCCCN(C)C. The van der Waals surface area contributed by atoms with Gasteiger partial charge in [-0.05, 0) is 73.0 Å². The molecule has 0 aliphatic carbocycles. The number of nitrogens with zero attached hydrogens (tertiary/aromatic N) is 2. The predicted octanol–water partition coefficient (Wildman–Crippen LogP) is 2.04. The minimum atomic E-state index is 0.660. The largest absolute Gasteiger partial charge is 0.314 e. The third kappa shape index (κ3) is 10.7. The molecular weight excluding hydrogens is 210 g/mol. The van der Waals surface area contributed by atoms with E-state index in [9.17, 15) is 0 Å².